The molecule has 0 spiro atoms. The quantitative estimate of drug-likeness (QED) is 0.166. The lowest BCUT2D eigenvalue weighted by atomic mass is 9.86. The highest BCUT2D eigenvalue weighted by atomic mass is 16.3. The molecule has 0 bridgehead atoms. The zero-order chi connectivity index (χ0) is 24.1. The molecule has 2 aromatic heterocycles. The number of rotatable bonds is 8. The summed E-state index contributed by atoms with van der Waals surface area (Å²) in [5.74, 6) is 1.12. The molecule has 0 N–H and O–H groups in total. The summed E-state index contributed by atoms with van der Waals surface area (Å²) in [7, 11) is 0. The third kappa shape index (κ3) is 3.33. The van der Waals surface area contributed by atoms with Crippen LogP contribution in [0.25, 0.3) is 54.2 Å². The molecule has 0 unspecified atom stereocenters. The smallest absolute Gasteiger partial charge is 0.227 e. The van der Waals surface area contributed by atoms with E-state index in [2.05, 4.69) is 70.2 Å². The number of hydrogen-bond acceptors (Lipinski definition) is 2. The molecule has 2 nitrogen and oxygen atoms in total. The van der Waals surface area contributed by atoms with E-state index in [4.69, 9.17) is 9.40 Å². The van der Waals surface area contributed by atoms with E-state index in [9.17, 15) is 0 Å². The van der Waals surface area contributed by atoms with Crippen LogP contribution in [-0.2, 0) is 25.7 Å². The molecular weight excluding hydrogens is 426 g/mol. The molecule has 0 aliphatic carbocycles. The number of aromatic nitrogens is 1. The van der Waals surface area contributed by atoms with Crippen molar-refractivity contribution in [1.29, 1.82) is 0 Å². The summed E-state index contributed by atoms with van der Waals surface area (Å²) >= 11 is 0. The summed E-state index contributed by atoms with van der Waals surface area (Å²) in [5.41, 5.74) is 4.85. The maximum absolute atomic E-state index is 6.87. The fraction of sp³-hybridized carbons (Fsp3) is 0.364. The van der Waals surface area contributed by atoms with E-state index in [1.165, 1.54) is 65.3 Å². The minimum absolute atomic E-state index is 0.831. The SMILES string of the molecule is CCCc1nc2oc(CCC)c(CCC)c3cc4cccc5ccc6cc(c1CCC)c2c3c6c54. The Bertz CT molecular complexity index is 1690. The van der Waals surface area contributed by atoms with E-state index in [0.717, 1.165) is 62.8 Å². The van der Waals surface area contributed by atoms with Crippen LogP contribution in [0.4, 0.5) is 0 Å². The standard InChI is InChI=1S/C33H35NO/c1-5-10-23-25-19-22-17-16-20-14-9-15-21-18-26-24(11-6-2)28(13-8-4)35-33(34-27(23)12-7-3)32(25)31(26)30(22)29(20)21/h9,14-19H,5-8,10-13H2,1-4H3. The first-order valence-electron chi connectivity index (χ1n) is 13.7. The van der Waals surface area contributed by atoms with Crippen LogP contribution < -0.4 is 0 Å². The fourth-order valence-electron chi connectivity index (χ4n) is 6.35. The lowest BCUT2D eigenvalue weighted by molar-refractivity contribution is 0.517. The molecule has 4 aromatic carbocycles. The molecule has 0 aliphatic heterocycles. The number of hydrogen-bond donors (Lipinski definition) is 0. The third-order valence-electron chi connectivity index (χ3n) is 7.72. The largest absolute Gasteiger partial charge is 0.442 e. The summed E-state index contributed by atoms with van der Waals surface area (Å²) in [6.45, 7) is 9.05. The van der Waals surface area contributed by atoms with E-state index < -0.39 is 0 Å². The van der Waals surface area contributed by atoms with Gasteiger partial charge in [0.15, 0.2) is 0 Å². The molecule has 35 heavy (non-hydrogen) atoms. The number of aryl methyl sites for hydroxylation is 4. The van der Waals surface area contributed by atoms with Crippen molar-refractivity contribution in [3.05, 3.63) is 65.0 Å². The van der Waals surface area contributed by atoms with Crippen molar-refractivity contribution in [2.24, 2.45) is 0 Å². The predicted molar refractivity (Wildman–Crippen MR) is 151 cm³/mol. The second-order valence-corrected chi connectivity index (χ2v) is 10.2. The Morgan fingerprint density at radius 3 is 1.97 bits per heavy atom. The first-order chi connectivity index (χ1) is 17.2. The summed E-state index contributed by atoms with van der Waals surface area (Å²) < 4.78 is 6.87. The Kier molecular flexibility index (Phi) is 5.63. The number of benzene rings is 4. The molecule has 0 amide bonds. The Labute approximate surface area is 207 Å². The van der Waals surface area contributed by atoms with Crippen molar-refractivity contribution < 1.29 is 4.42 Å². The van der Waals surface area contributed by atoms with Crippen LogP contribution in [0.1, 0.15) is 76.0 Å². The van der Waals surface area contributed by atoms with Gasteiger partial charge in [0.05, 0.1) is 5.39 Å². The first kappa shape index (κ1) is 22.3. The second-order valence-electron chi connectivity index (χ2n) is 10.2. The highest BCUT2D eigenvalue weighted by Crippen LogP contribution is 2.45. The normalized spacial score (nSPS) is 12.3. The van der Waals surface area contributed by atoms with Gasteiger partial charge in [-0.25, -0.2) is 4.98 Å². The second kappa shape index (κ2) is 8.82. The van der Waals surface area contributed by atoms with E-state index in [1.54, 1.807) is 0 Å². The van der Waals surface area contributed by atoms with Gasteiger partial charge >= 0.3 is 0 Å². The van der Waals surface area contributed by atoms with Crippen LogP contribution in [0.15, 0.2) is 46.9 Å². The molecule has 0 fully saturated rings. The zero-order valence-electron chi connectivity index (χ0n) is 21.6. The monoisotopic (exact) mass is 461 g/mol. The molecule has 0 saturated heterocycles. The van der Waals surface area contributed by atoms with Gasteiger partial charge in [-0.05, 0) is 86.6 Å². The van der Waals surface area contributed by atoms with E-state index >= 15 is 0 Å². The summed E-state index contributed by atoms with van der Waals surface area (Å²) in [4.78, 5) is 5.29. The van der Waals surface area contributed by atoms with Crippen LogP contribution >= 0.6 is 0 Å². The van der Waals surface area contributed by atoms with Gasteiger partial charge in [0, 0.05) is 17.5 Å². The predicted octanol–water partition coefficient (Wildman–Crippen LogP) is 9.69. The van der Waals surface area contributed by atoms with Crippen molar-refractivity contribution >= 4 is 54.2 Å². The van der Waals surface area contributed by atoms with Crippen molar-refractivity contribution in [1.82, 2.24) is 4.98 Å². The van der Waals surface area contributed by atoms with Gasteiger partial charge in [-0.15, -0.1) is 0 Å². The van der Waals surface area contributed by atoms with Crippen LogP contribution in [-0.4, -0.2) is 4.98 Å². The van der Waals surface area contributed by atoms with E-state index in [0.29, 0.717) is 0 Å². The van der Waals surface area contributed by atoms with Crippen molar-refractivity contribution in [3.8, 4) is 0 Å². The van der Waals surface area contributed by atoms with Gasteiger partial charge in [0.25, 0.3) is 0 Å². The minimum atomic E-state index is 0.831. The molecule has 6 aromatic rings. The van der Waals surface area contributed by atoms with Gasteiger partial charge in [0.2, 0.25) is 5.71 Å². The van der Waals surface area contributed by atoms with E-state index in [1.807, 2.05) is 0 Å². The van der Waals surface area contributed by atoms with Crippen LogP contribution in [0, 0.1) is 0 Å². The Hall–Kier alpha value is -3.13. The van der Waals surface area contributed by atoms with Gasteiger partial charge < -0.3 is 4.42 Å². The Morgan fingerprint density at radius 2 is 1.23 bits per heavy atom. The summed E-state index contributed by atoms with van der Waals surface area (Å²) in [6, 6.07) is 16.2. The van der Waals surface area contributed by atoms with E-state index in [-0.39, 0.29) is 0 Å². The van der Waals surface area contributed by atoms with Crippen LogP contribution in [0.5, 0.6) is 0 Å². The summed E-state index contributed by atoms with van der Waals surface area (Å²) in [6.07, 6.45) is 8.38. The molecule has 0 atom stereocenters. The average molecular weight is 462 g/mol. The van der Waals surface area contributed by atoms with Gasteiger partial charge in [-0.1, -0.05) is 77.3 Å². The molecule has 178 valence electrons. The summed E-state index contributed by atoms with van der Waals surface area (Å²) in [5, 5.41) is 12.0. The lowest BCUT2D eigenvalue weighted by Crippen LogP contribution is -2.01. The van der Waals surface area contributed by atoms with Crippen LogP contribution in [0.3, 0.4) is 0 Å². The first-order valence-corrected chi connectivity index (χ1v) is 13.7. The molecule has 0 radical (unpaired) electrons. The third-order valence-corrected chi connectivity index (χ3v) is 7.72. The number of nitrogens with zero attached hydrogens (tertiary/aromatic N) is 1. The molecule has 2 heterocycles. The number of pyridine rings is 1. The van der Waals surface area contributed by atoms with Gasteiger partial charge in [-0.3, -0.25) is 0 Å². The van der Waals surface area contributed by atoms with Gasteiger partial charge in [0.1, 0.15) is 5.76 Å². The van der Waals surface area contributed by atoms with Crippen molar-refractivity contribution in [3.63, 3.8) is 0 Å². The molecular formula is C33H35NO. The molecule has 6 rings (SSSR count). The molecule has 0 saturated carbocycles. The Morgan fingerprint density at radius 1 is 0.600 bits per heavy atom. The van der Waals surface area contributed by atoms with Gasteiger partial charge in [-0.2, -0.15) is 0 Å². The molecule has 0 aliphatic rings. The minimum Gasteiger partial charge on any atom is -0.442 e. The average Bonchev–Trinajstić information content (AvgIpc) is 2.99. The highest BCUT2D eigenvalue weighted by molar-refractivity contribution is 6.35. The Balaban J connectivity index is 1.97. The maximum atomic E-state index is 6.87. The fourth-order valence-corrected chi connectivity index (χ4v) is 6.35. The zero-order valence-corrected chi connectivity index (χ0v) is 21.6. The highest BCUT2D eigenvalue weighted by Gasteiger charge is 2.23. The molecule has 2 heteroatoms. The maximum Gasteiger partial charge on any atom is 0.227 e. The topological polar surface area (TPSA) is 26.0 Å². The van der Waals surface area contributed by atoms with Crippen LogP contribution in [0.2, 0.25) is 0 Å². The van der Waals surface area contributed by atoms with Crippen molar-refractivity contribution in [2.75, 3.05) is 0 Å². The van der Waals surface area contributed by atoms with Crippen molar-refractivity contribution in [2.45, 2.75) is 79.1 Å². The lowest BCUT2D eigenvalue weighted by Gasteiger charge is -2.18.